The number of benzene rings is 2. The van der Waals surface area contributed by atoms with E-state index in [0.29, 0.717) is 15.1 Å². The van der Waals surface area contributed by atoms with E-state index in [9.17, 15) is 4.79 Å². The largest absolute Gasteiger partial charge is 0.378 e. The zero-order valence-electron chi connectivity index (χ0n) is 11.3. The number of amides is 1. The summed E-state index contributed by atoms with van der Waals surface area (Å²) in [6, 6.07) is 15.5. The minimum Gasteiger partial charge on any atom is -0.378 e. The third kappa shape index (κ3) is 3.55. The van der Waals surface area contributed by atoms with Crippen LogP contribution in [-0.2, 0) is 4.79 Å². The van der Waals surface area contributed by atoms with Crippen LogP contribution in [0.15, 0.2) is 68.2 Å². The van der Waals surface area contributed by atoms with Crippen LogP contribution < -0.4 is 5.73 Å². The molecule has 2 aromatic carbocycles. The number of aliphatic imine (C=N–C) groups is 1. The van der Waals surface area contributed by atoms with Gasteiger partial charge < -0.3 is 5.73 Å². The Morgan fingerprint density at radius 3 is 2.55 bits per heavy atom. The Morgan fingerprint density at radius 2 is 1.86 bits per heavy atom. The first-order valence-corrected chi connectivity index (χ1v) is 8.43. The summed E-state index contributed by atoms with van der Waals surface area (Å²) in [5.74, 6) is -0.284. The second kappa shape index (κ2) is 6.60. The van der Waals surface area contributed by atoms with Crippen LogP contribution in [-0.4, -0.2) is 11.1 Å². The standard InChI is InChI=1S/C16H11ClN2OS2/c17-11-5-7-12(8-6-11)21-13-4-2-1-3-10(13)9-14-15(20)19-16(18)22-14/h1-9H,(H2,18,19,20)/b14-9-. The van der Waals surface area contributed by atoms with Crippen molar-refractivity contribution in [3.63, 3.8) is 0 Å². The van der Waals surface area contributed by atoms with Crippen molar-refractivity contribution in [1.29, 1.82) is 0 Å². The van der Waals surface area contributed by atoms with Crippen molar-refractivity contribution in [2.24, 2.45) is 10.7 Å². The summed E-state index contributed by atoms with van der Waals surface area (Å²) in [6.07, 6.45) is 1.83. The number of carbonyl (C=O) groups is 1. The molecule has 0 fully saturated rings. The Labute approximate surface area is 141 Å². The van der Waals surface area contributed by atoms with E-state index >= 15 is 0 Å². The molecule has 2 N–H and O–H groups in total. The van der Waals surface area contributed by atoms with Crippen molar-refractivity contribution in [2.45, 2.75) is 9.79 Å². The normalized spacial score (nSPS) is 16.1. The lowest BCUT2D eigenvalue weighted by molar-refractivity contribution is -0.113. The summed E-state index contributed by atoms with van der Waals surface area (Å²) in [5.41, 5.74) is 6.54. The second-order valence-electron chi connectivity index (χ2n) is 4.46. The molecule has 0 aromatic heterocycles. The van der Waals surface area contributed by atoms with Gasteiger partial charge in [-0.2, -0.15) is 4.99 Å². The smallest absolute Gasteiger partial charge is 0.286 e. The lowest BCUT2D eigenvalue weighted by atomic mass is 10.2. The molecule has 1 aliphatic rings. The second-order valence-corrected chi connectivity index (χ2v) is 7.07. The molecule has 22 heavy (non-hydrogen) atoms. The van der Waals surface area contributed by atoms with Gasteiger partial charge in [0.25, 0.3) is 5.91 Å². The van der Waals surface area contributed by atoms with E-state index in [1.165, 1.54) is 11.8 Å². The van der Waals surface area contributed by atoms with Gasteiger partial charge in [0, 0.05) is 14.8 Å². The van der Waals surface area contributed by atoms with Crippen molar-refractivity contribution in [3.05, 3.63) is 64.0 Å². The van der Waals surface area contributed by atoms with E-state index in [-0.39, 0.29) is 5.91 Å². The topological polar surface area (TPSA) is 55.4 Å². The lowest BCUT2D eigenvalue weighted by Gasteiger charge is -2.06. The summed E-state index contributed by atoms with van der Waals surface area (Å²) in [5, 5.41) is 0.999. The summed E-state index contributed by atoms with van der Waals surface area (Å²) < 4.78 is 0. The average molecular weight is 347 g/mol. The fourth-order valence-electron chi connectivity index (χ4n) is 1.89. The molecule has 110 valence electrons. The fraction of sp³-hybridized carbons (Fsp3) is 0. The van der Waals surface area contributed by atoms with Gasteiger partial charge in [-0.15, -0.1) is 0 Å². The van der Waals surface area contributed by atoms with Gasteiger partial charge in [0.2, 0.25) is 0 Å². The van der Waals surface area contributed by atoms with Crippen molar-refractivity contribution in [2.75, 3.05) is 0 Å². The number of nitrogens with zero attached hydrogens (tertiary/aromatic N) is 1. The number of hydrogen-bond donors (Lipinski definition) is 1. The van der Waals surface area contributed by atoms with Gasteiger partial charge in [0.1, 0.15) is 0 Å². The minimum absolute atomic E-state index is 0.284. The quantitative estimate of drug-likeness (QED) is 0.836. The van der Waals surface area contributed by atoms with Crippen LogP contribution in [0.1, 0.15) is 5.56 Å². The average Bonchev–Trinajstić information content (AvgIpc) is 2.81. The Balaban J connectivity index is 1.89. The van der Waals surface area contributed by atoms with E-state index in [2.05, 4.69) is 4.99 Å². The predicted molar refractivity (Wildman–Crippen MR) is 94.2 cm³/mol. The van der Waals surface area contributed by atoms with Crippen LogP contribution in [0.5, 0.6) is 0 Å². The summed E-state index contributed by atoms with van der Waals surface area (Å²) in [4.78, 5) is 18.1. The lowest BCUT2D eigenvalue weighted by Crippen LogP contribution is -2.01. The van der Waals surface area contributed by atoms with Gasteiger partial charge in [-0.25, -0.2) is 0 Å². The number of halogens is 1. The molecule has 0 spiro atoms. The van der Waals surface area contributed by atoms with E-state index < -0.39 is 0 Å². The van der Waals surface area contributed by atoms with Crippen LogP contribution in [0, 0.1) is 0 Å². The van der Waals surface area contributed by atoms with E-state index in [1.807, 2.05) is 54.6 Å². The number of amidine groups is 1. The molecule has 0 unspecified atom stereocenters. The molecule has 1 heterocycles. The van der Waals surface area contributed by atoms with Crippen LogP contribution in [0.4, 0.5) is 0 Å². The van der Waals surface area contributed by atoms with Gasteiger partial charge in [-0.1, -0.05) is 41.6 Å². The fourth-order valence-corrected chi connectivity index (χ4v) is 3.61. The first-order chi connectivity index (χ1) is 10.6. The summed E-state index contributed by atoms with van der Waals surface area (Å²) in [6.45, 7) is 0. The Hall–Kier alpha value is -1.69. The highest BCUT2D eigenvalue weighted by molar-refractivity contribution is 8.18. The Morgan fingerprint density at radius 1 is 1.14 bits per heavy atom. The van der Waals surface area contributed by atoms with Crippen molar-refractivity contribution < 1.29 is 4.79 Å². The molecule has 3 nitrogen and oxygen atoms in total. The van der Waals surface area contributed by atoms with Gasteiger partial charge in [-0.3, -0.25) is 4.79 Å². The molecule has 0 saturated carbocycles. The molecule has 0 bridgehead atoms. The molecular weight excluding hydrogens is 336 g/mol. The summed E-state index contributed by atoms with van der Waals surface area (Å²) in [7, 11) is 0. The minimum atomic E-state index is -0.284. The first kappa shape index (κ1) is 15.2. The zero-order chi connectivity index (χ0) is 15.5. The van der Waals surface area contributed by atoms with Gasteiger partial charge >= 0.3 is 0 Å². The van der Waals surface area contributed by atoms with E-state index in [4.69, 9.17) is 17.3 Å². The zero-order valence-corrected chi connectivity index (χ0v) is 13.7. The highest BCUT2D eigenvalue weighted by Crippen LogP contribution is 2.34. The molecular formula is C16H11ClN2OS2. The molecule has 3 rings (SSSR count). The molecule has 1 aliphatic heterocycles. The number of rotatable bonds is 3. The van der Waals surface area contributed by atoms with Crippen LogP contribution >= 0.6 is 35.1 Å². The molecule has 1 amide bonds. The number of nitrogens with two attached hydrogens (primary N) is 1. The third-order valence-electron chi connectivity index (χ3n) is 2.88. The van der Waals surface area contributed by atoms with Gasteiger partial charge in [-0.05, 0) is 53.7 Å². The first-order valence-electron chi connectivity index (χ1n) is 6.42. The van der Waals surface area contributed by atoms with Crippen LogP contribution in [0.2, 0.25) is 5.02 Å². The SMILES string of the molecule is NC1=NC(=O)/C(=C/c2ccccc2Sc2ccc(Cl)cc2)S1. The van der Waals surface area contributed by atoms with Crippen molar-refractivity contribution in [1.82, 2.24) is 0 Å². The van der Waals surface area contributed by atoms with E-state index in [1.54, 1.807) is 11.8 Å². The predicted octanol–water partition coefficient (Wildman–Crippen LogP) is 4.42. The maximum atomic E-state index is 11.7. The molecule has 6 heteroatoms. The Bertz CT molecular complexity index is 785. The Kier molecular flexibility index (Phi) is 4.57. The monoisotopic (exact) mass is 346 g/mol. The maximum Gasteiger partial charge on any atom is 0.286 e. The number of thioether (sulfide) groups is 1. The molecule has 2 aromatic rings. The van der Waals surface area contributed by atoms with Crippen molar-refractivity contribution in [3.8, 4) is 0 Å². The van der Waals surface area contributed by atoms with Crippen LogP contribution in [0.25, 0.3) is 6.08 Å². The highest BCUT2D eigenvalue weighted by Gasteiger charge is 2.19. The maximum absolute atomic E-state index is 11.7. The summed E-state index contributed by atoms with van der Waals surface area (Å²) >= 11 is 8.72. The molecule has 0 radical (unpaired) electrons. The van der Waals surface area contributed by atoms with Crippen molar-refractivity contribution >= 4 is 52.3 Å². The number of hydrogen-bond acceptors (Lipinski definition) is 4. The third-order valence-corrected chi connectivity index (χ3v) is 5.05. The molecule has 0 atom stereocenters. The van der Waals surface area contributed by atoms with Gasteiger partial charge in [0.15, 0.2) is 5.17 Å². The number of carbonyl (C=O) groups excluding carboxylic acids is 1. The highest BCUT2D eigenvalue weighted by atomic mass is 35.5. The van der Waals surface area contributed by atoms with Gasteiger partial charge in [0.05, 0.1) is 4.91 Å². The molecule has 0 saturated heterocycles. The molecule has 0 aliphatic carbocycles. The van der Waals surface area contributed by atoms with E-state index in [0.717, 1.165) is 15.4 Å². The van der Waals surface area contributed by atoms with Crippen LogP contribution in [0.3, 0.4) is 0 Å².